The van der Waals surface area contributed by atoms with E-state index < -0.39 is 0 Å². The van der Waals surface area contributed by atoms with Crippen LogP contribution in [0.25, 0.3) is 0 Å². The van der Waals surface area contributed by atoms with E-state index in [1.165, 1.54) is 22.4 Å². The van der Waals surface area contributed by atoms with Gasteiger partial charge in [-0.2, -0.15) is 0 Å². The van der Waals surface area contributed by atoms with Gasteiger partial charge >= 0.3 is 0 Å². The predicted octanol–water partition coefficient (Wildman–Crippen LogP) is 3.42. The van der Waals surface area contributed by atoms with Crippen LogP contribution in [0.2, 0.25) is 0 Å². The van der Waals surface area contributed by atoms with E-state index in [2.05, 4.69) is 51.2 Å². The molecule has 0 amide bonds. The highest BCUT2D eigenvalue weighted by Gasteiger charge is 2.32. The van der Waals surface area contributed by atoms with Crippen LogP contribution < -0.4 is 5.32 Å². The van der Waals surface area contributed by atoms with Gasteiger partial charge in [-0.3, -0.25) is 5.32 Å². The first-order chi connectivity index (χ1) is 6.99. The van der Waals surface area contributed by atoms with Crippen molar-refractivity contribution in [2.45, 2.75) is 38.6 Å². The number of benzene rings is 1. The standard InChI is InChI=1S/C13H19NS/c1-9-6-5-7-10(2)11(9)12-14-13(3,4)8-15-12/h5-7,12,14H,8H2,1-4H3. The summed E-state index contributed by atoms with van der Waals surface area (Å²) in [6.07, 6.45) is 0. The third kappa shape index (κ3) is 2.21. The number of hydrogen-bond donors (Lipinski definition) is 1. The van der Waals surface area contributed by atoms with E-state index in [1.807, 2.05) is 11.8 Å². The topological polar surface area (TPSA) is 12.0 Å². The molecule has 1 atom stereocenters. The van der Waals surface area contributed by atoms with Gasteiger partial charge in [-0.25, -0.2) is 0 Å². The Kier molecular flexibility index (Phi) is 2.82. The maximum Gasteiger partial charge on any atom is 0.0799 e. The summed E-state index contributed by atoms with van der Waals surface area (Å²) in [5.74, 6) is 1.19. The van der Waals surface area contributed by atoms with Crippen LogP contribution in [0.4, 0.5) is 0 Å². The minimum atomic E-state index is 0.268. The van der Waals surface area contributed by atoms with Crippen LogP contribution in [0.3, 0.4) is 0 Å². The molecule has 0 radical (unpaired) electrons. The normalized spacial score (nSPS) is 24.4. The van der Waals surface area contributed by atoms with E-state index in [-0.39, 0.29) is 5.54 Å². The first-order valence-electron chi connectivity index (χ1n) is 5.45. The van der Waals surface area contributed by atoms with E-state index in [9.17, 15) is 0 Å². The van der Waals surface area contributed by atoms with Crippen molar-refractivity contribution in [3.05, 3.63) is 34.9 Å². The zero-order valence-corrected chi connectivity index (χ0v) is 10.7. The Bertz CT molecular complexity index is 351. The molecule has 1 aromatic carbocycles. The molecule has 82 valence electrons. The molecule has 2 heteroatoms. The quantitative estimate of drug-likeness (QED) is 0.780. The van der Waals surface area contributed by atoms with Gasteiger partial charge in [0, 0.05) is 11.3 Å². The minimum absolute atomic E-state index is 0.268. The lowest BCUT2D eigenvalue weighted by molar-refractivity contribution is 0.451. The van der Waals surface area contributed by atoms with E-state index in [0.717, 1.165) is 0 Å². The van der Waals surface area contributed by atoms with Gasteiger partial charge in [0.1, 0.15) is 0 Å². The second-order valence-electron chi connectivity index (χ2n) is 5.02. The molecule has 1 N–H and O–H groups in total. The molecule has 1 saturated heterocycles. The first kappa shape index (κ1) is 11.0. The van der Waals surface area contributed by atoms with Crippen molar-refractivity contribution in [1.29, 1.82) is 0 Å². The van der Waals surface area contributed by atoms with Crippen molar-refractivity contribution in [2.75, 3.05) is 5.75 Å². The fourth-order valence-electron chi connectivity index (χ4n) is 2.13. The largest absolute Gasteiger partial charge is 0.296 e. The van der Waals surface area contributed by atoms with Gasteiger partial charge in [-0.15, -0.1) is 11.8 Å². The van der Waals surface area contributed by atoms with Crippen LogP contribution in [0, 0.1) is 13.8 Å². The monoisotopic (exact) mass is 221 g/mol. The molecular formula is C13H19NS. The van der Waals surface area contributed by atoms with Gasteiger partial charge in [0.15, 0.2) is 0 Å². The van der Waals surface area contributed by atoms with Gasteiger partial charge in [0.25, 0.3) is 0 Å². The van der Waals surface area contributed by atoms with Crippen molar-refractivity contribution < 1.29 is 0 Å². The van der Waals surface area contributed by atoms with E-state index in [1.54, 1.807) is 0 Å². The van der Waals surface area contributed by atoms with Crippen molar-refractivity contribution in [3.8, 4) is 0 Å². The molecule has 0 aliphatic carbocycles. The van der Waals surface area contributed by atoms with Gasteiger partial charge < -0.3 is 0 Å². The molecule has 1 aliphatic heterocycles. The van der Waals surface area contributed by atoms with Crippen LogP contribution in [-0.4, -0.2) is 11.3 Å². The minimum Gasteiger partial charge on any atom is -0.296 e. The van der Waals surface area contributed by atoms with Crippen molar-refractivity contribution in [1.82, 2.24) is 5.32 Å². The van der Waals surface area contributed by atoms with Crippen molar-refractivity contribution in [2.24, 2.45) is 0 Å². The highest BCUT2D eigenvalue weighted by molar-refractivity contribution is 7.99. The summed E-state index contributed by atoms with van der Waals surface area (Å²) < 4.78 is 0. The molecule has 0 saturated carbocycles. The van der Waals surface area contributed by atoms with Crippen LogP contribution in [0.15, 0.2) is 18.2 Å². The third-order valence-corrected chi connectivity index (χ3v) is 4.51. The van der Waals surface area contributed by atoms with Crippen molar-refractivity contribution in [3.63, 3.8) is 0 Å². The number of thioether (sulfide) groups is 1. The molecule has 1 fully saturated rings. The number of aryl methyl sites for hydroxylation is 2. The van der Waals surface area contributed by atoms with Crippen LogP contribution >= 0.6 is 11.8 Å². The fourth-order valence-corrected chi connectivity index (χ4v) is 3.73. The Morgan fingerprint density at radius 3 is 2.33 bits per heavy atom. The lowest BCUT2D eigenvalue weighted by atomic mass is 10.0. The summed E-state index contributed by atoms with van der Waals surface area (Å²) in [4.78, 5) is 0. The van der Waals surface area contributed by atoms with Crippen LogP contribution in [0.1, 0.15) is 35.9 Å². The molecule has 2 rings (SSSR count). The molecule has 15 heavy (non-hydrogen) atoms. The third-order valence-electron chi connectivity index (χ3n) is 2.94. The predicted molar refractivity (Wildman–Crippen MR) is 68.3 cm³/mol. The summed E-state index contributed by atoms with van der Waals surface area (Å²) in [7, 11) is 0. The molecule has 1 nitrogen and oxygen atoms in total. The van der Waals surface area contributed by atoms with Crippen molar-refractivity contribution >= 4 is 11.8 Å². The van der Waals surface area contributed by atoms with Gasteiger partial charge in [0.05, 0.1) is 5.37 Å². The zero-order valence-electron chi connectivity index (χ0n) is 9.92. The maximum absolute atomic E-state index is 3.69. The van der Waals surface area contributed by atoms with Gasteiger partial charge in [0.2, 0.25) is 0 Å². The molecular weight excluding hydrogens is 202 g/mol. The maximum atomic E-state index is 3.69. The average Bonchev–Trinajstić information content (AvgIpc) is 2.46. The Balaban J connectivity index is 2.31. The molecule has 1 aromatic rings. The summed E-state index contributed by atoms with van der Waals surface area (Å²) in [6.45, 7) is 8.95. The highest BCUT2D eigenvalue weighted by Crippen LogP contribution is 2.39. The Morgan fingerprint density at radius 1 is 1.27 bits per heavy atom. The highest BCUT2D eigenvalue weighted by atomic mass is 32.2. The summed E-state index contributed by atoms with van der Waals surface area (Å²) in [6, 6.07) is 6.55. The Hall–Kier alpha value is -0.470. The molecule has 0 aromatic heterocycles. The summed E-state index contributed by atoms with van der Waals surface area (Å²) in [5.41, 5.74) is 4.55. The molecule has 0 spiro atoms. The molecule has 0 bridgehead atoms. The summed E-state index contributed by atoms with van der Waals surface area (Å²) >= 11 is 2.02. The average molecular weight is 221 g/mol. The number of hydrogen-bond acceptors (Lipinski definition) is 2. The van der Waals surface area contributed by atoms with Crippen LogP contribution in [-0.2, 0) is 0 Å². The number of nitrogens with one attached hydrogen (secondary N) is 1. The Morgan fingerprint density at radius 2 is 1.87 bits per heavy atom. The molecule has 1 unspecified atom stereocenters. The van der Waals surface area contributed by atoms with Gasteiger partial charge in [-0.05, 0) is 44.4 Å². The molecule has 1 aliphatic rings. The number of rotatable bonds is 1. The summed E-state index contributed by atoms with van der Waals surface area (Å²) in [5, 5.41) is 4.16. The molecule has 1 heterocycles. The second-order valence-corrected chi connectivity index (χ2v) is 6.12. The van der Waals surface area contributed by atoms with E-state index in [4.69, 9.17) is 0 Å². The smallest absolute Gasteiger partial charge is 0.0799 e. The fraction of sp³-hybridized carbons (Fsp3) is 0.538. The second kappa shape index (κ2) is 3.84. The van der Waals surface area contributed by atoms with E-state index >= 15 is 0 Å². The Labute approximate surface area is 96.7 Å². The first-order valence-corrected chi connectivity index (χ1v) is 6.50. The lowest BCUT2D eigenvalue weighted by Gasteiger charge is -2.21. The SMILES string of the molecule is Cc1cccc(C)c1C1NC(C)(C)CS1. The van der Waals surface area contributed by atoms with Crippen LogP contribution in [0.5, 0.6) is 0 Å². The van der Waals surface area contributed by atoms with E-state index in [0.29, 0.717) is 5.37 Å². The lowest BCUT2D eigenvalue weighted by Crippen LogP contribution is -2.36. The zero-order chi connectivity index (χ0) is 11.1. The van der Waals surface area contributed by atoms with Gasteiger partial charge in [-0.1, -0.05) is 18.2 Å².